The van der Waals surface area contributed by atoms with Crippen LogP contribution in [0.15, 0.2) is 60.3 Å². The first kappa shape index (κ1) is 42.9. The zero-order valence-corrected chi connectivity index (χ0v) is 35.2. The summed E-state index contributed by atoms with van der Waals surface area (Å²) in [6.07, 6.45) is 17.7. The molecule has 2 aliphatic heterocycles. The molecule has 1 aromatic rings. The highest BCUT2D eigenvalue weighted by atomic mass is 28.4. The lowest BCUT2D eigenvalue weighted by Gasteiger charge is -2.41. The number of carbonyl (C=O) groups excluding carboxylic acids is 2. The third-order valence-electron chi connectivity index (χ3n) is 12.1. The predicted molar refractivity (Wildman–Crippen MR) is 215 cm³/mol. The Morgan fingerprint density at radius 1 is 1.08 bits per heavy atom. The van der Waals surface area contributed by atoms with Gasteiger partial charge in [-0.3, -0.25) is 14.7 Å². The molecule has 0 bridgehead atoms. The molecule has 6 unspecified atom stereocenters. The number of carbonyl (C=O) groups is 2. The van der Waals surface area contributed by atoms with E-state index in [1.54, 1.807) is 24.1 Å². The second-order valence-corrected chi connectivity index (χ2v) is 22.3. The van der Waals surface area contributed by atoms with E-state index in [2.05, 4.69) is 56.7 Å². The minimum atomic E-state index is -2.28. The van der Waals surface area contributed by atoms with Crippen molar-refractivity contribution in [3.05, 3.63) is 66.0 Å². The summed E-state index contributed by atoms with van der Waals surface area (Å²) in [6.45, 7) is 21.6. The third-order valence-corrected chi connectivity index (χ3v) is 16.6. The van der Waals surface area contributed by atoms with Crippen molar-refractivity contribution in [2.75, 3.05) is 26.2 Å². The summed E-state index contributed by atoms with van der Waals surface area (Å²) in [5.41, 5.74) is 0.466. The number of hydrogen-bond acceptors (Lipinski definition) is 8. The van der Waals surface area contributed by atoms with Crippen LogP contribution < -0.4 is 0 Å². The number of esters is 1. The second-order valence-electron chi connectivity index (χ2n) is 17.6. The number of aromatic nitrogens is 1. The lowest BCUT2D eigenvalue weighted by molar-refractivity contribution is -0.151. The number of hydrogen-bond donors (Lipinski definition) is 1. The average Bonchev–Trinajstić information content (AvgIpc) is 3.40. The fourth-order valence-electron chi connectivity index (χ4n) is 7.42. The monoisotopic (exact) mass is 751 g/mol. The normalized spacial score (nSPS) is 28.8. The van der Waals surface area contributed by atoms with E-state index in [0.717, 1.165) is 24.4 Å². The lowest BCUT2D eigenvalue weighted by Crippen LogP contribution is -2.53. The minimum absolute atomic E-state index is 0.0702. The summed E-state index contributed by atoms with van der Waals surface area (Å²) in [5, 5.41) is 12.0. The summed E-state index contributed by atoms with van der Waals surface area (Å²) < 4.78 is 19.3. The van der Waals surface area contributed by atoms with E-state index in [-0.39, 0.29) is 35.7 Å². The Bertz CT molecular complexity index is 1400. The molecular formula is C43H69N3O6Si. The number of piperazine rings is 1. The van der Waals surface area contributed by atoms with Gasteiger partial charge in [0.15, 0.2) is 14.4 Å². The number of cyclic esters (lactones) is 1. The van der Waals surface area contributed by atoms with Crippen molar-refractivity contribution in [2.45, 2.75) is 160 Å². The van der Waals surface area contributed by atoms with Crippen molar-refractivity contribution < 1.29 is 28.6 Å². The standard InChI is InChI=1S/C43H69N3O6Si/c1-32(37-21-14-15-26-44-37)17-16-18-33(2)40-34(3)22-23-38(50-41(48)46-29-27-45(28-30-46)35-19-12-10-11-13-20-35)43(7,49)25-24-36(31-39(47)51-40)52-53(8,9)42(4,5)6/h14-18,21-23,26,32,34-36,38,40,49H,10-13,19-20,24-25,27-31H2,1-9H3. The molecule has 1 aromatic heterocycles. The topological polar surface area (TPSA) is 101 Å². The second kappa shape index (κ2) is 19.2. The highest BCUT2D eigenvalue weighted by Crippen LogP contribution is 2.39. The highest BCUT2D eigenvalue weighted by molar-refractivity contribution is 6.74. The van der Waals surface area contributed by atoms with Gasteiger partial charge in [-0.05, 0) is 81.4 Å². The molecule has 1 saturated carbocycles. The van der Waals surface area contributed by atoms with Crippen molar-refractivity contribution >= 4 is 20.4 Å². The largest absolute Gasteiger partial charge is 0.457 e. The molecule has 3 heterocycles. The highest BCUT2D eigenvalue weighted by Gasteiger charge is 2.42. The molecule has 9 nitrogen and oxygen atoms in total. The molecular weight excluding hydrogens is 683 g/mol. The van der Waals surface area contributed by atoms with Crippen LogP contribution in [0, 0.1) is 5.92 Å². The van der Waals surface area contributed by atoms with Crippen LogP contribution in [-0.4, -0.2) is 96.4 Å². The Balaban J connectivity index is 1.56. The molecule has 1 N–H and O–H groups in total. The van der Waals surface area contributed by atoms with Gasteiger partial charge >= 0.3 is 12.1 Å². The van der Waals surface area contributed by atoms with Gasteiger partial charge in [0.05, 0.1) is 12.5 Å². The number of pyridine rings is 1. The molecule has 1 saturated heterocycles. The first-order valence-corrected chi connectivity index (χ1v) is 23.1. The van der Waals surface area contributed by atoms with Gasteiger partial charge in [-0.2, -0.15) is 0 Å². The van der Waals surface area contributed by atoms with Crippen molar-refractivity contribution in [1.29, 1.82) is 0 Å². The van der Waals surface area contributed by atoms with Crippen LogP contribution in [0.4, 0.5) is 4.79 Å². The van der Waals surface area contributed by atoms with E-state index < -0.39 is 38.3 Å². The van der Waals surface area contributed by atoms with Crippen LogP contribution in [0.3, 0.4) is 0 Å². The Morgan fingerprint density at radius 2 is 1.75 bits per heavy atom. The SMILES string of the molecule is CC(=CC=CC(C)c1ccccn1)C1OC(=O)CC(O[Si](C)(C)C(C)(C)C)CCC(C)(O)C(OC(=O)N2CCN(C3CCCCCC3)CC2)C=CC1C. The number of ether oxygens (including phenoxy) is 2. The Morgan fingerprint density at radius 3 is 2.38 bits per heavy atom. The van der Waals surface area contributed by atoms with E-state index >= 15 is 0 Å². The van der Waals surface area contributed by atoms with Gasteiger partial charge in [-0.1, -0.05) is 90.7 Å². The van der Waals surface area contributed by atoms with Gasteiger partial charge < -0.3 is 23.9 Å². The molecule has 53 heavy (non-hydrogen) atoms. The van der Waals surface area contributed by atoms with Gasteiger partial charge in [-0.15, -0.1) is 0 Å². The van der Waals surface area contributed by atoms with Gasteiger partial charge in [0, 0.05) is 55.9 Å². The molecule has 1 amide bonds. The smallest absolute Gasteiger partial charge is 0.410 e. The minimum Gasteiger partial charge on any atom is -0.457 e. The van der Waals surface area contributed by atoms with Crippen molar-refractivity contribution in [3.8, 4) is 0 Å². The molecule has 3 aliphatic rings. The molecule has 0 aromatic carbocycles. The number of rotatable bonds is 8. The maximum Gasteiger partial charge on any atom is 0.410 e. The summed E-state index contributed by atoms with van der Waals surface area (Å²) in [7, 11) is -2.28. The zero-order chi connectivity index (χ0) is 38.8. The molecule has 10 heteroatoms. The fraction of sp³-hybridized carbons (Fsp3) is 0.698. The average molecular weight is 752 g/mol. The number of allylic oxidation sites excluding steroid dienone is 3. The number of amides is 1. The molecule has 0 radical (unpaired) electrons. The first-order valence-electron chi connectivity index (χ1n) is 20.2. The lowest BCUT2D eigenvalue weighted by atomic mass is 9.88. The van der Waals surface area contributed by atoms with Gasteiger partial charge in [0.25, 0.3) is 0 Å². The number of aliphatic hydroxyl groups is 1. The molecule has 296 valence electrons. The quantitative estimate of drug-likeness (QED) is 0.0924. The maximum atomic E-state index is 13.7. The molecule has 2 fully saturated rings. The summed E-state index contributed by atoms with van der Waals surface area (Å²) >= 11 is 0. The van der Waals surface area contributed by atoms with Gasteiger partial charge in [-0.25, -0.2) is 4.79 Å². The van der Waals surface area contributed by atoms with Crippen LogP contribution in [0.25, 0.3) is 0 Å². The maximum absolute atomic E-state index is 13.7. The number of nitrogens with zero attached hydrogens (tertiary/aromatic N) is 3. The van der Waals surface area contributed by atoms with Crippen molar-refractivity contribution in [3.63, 3.8) is 0 Å². The van der Waals surface area contributed by atoms with E-state index in [0.29, 0.717) is 25.6 Å². The first-order chi connectivity index (χ1) is 25.0. The Labute approximate surface area is 321 Å². The van der Waals surface area contributed by atoms with E-state index in [9.17, 15) is 14.7 Å². The fourth-order valence-corrected chi connectivity index (χ4v) is 8.81. The van der Waals surface area contributed by atoms with E-state index in [1.165, 1.54) is 38.5 Å². The predicted octanol–water partition coefficient (Wildman–Crippen LogP) is 8.96. The third kappa shape index (κ3) is 12.6. The van der Waals surface area contributed by atoms with Crippen molar-refractivity contribution in [1.82, 2.24) is 14.8 Å². The van der Waals surface area contributed by atoms with Crippen LogP contribution in [0.1, 0.15) is 118 Å². The van der Waals surface area contributed by atoms with Crippen LogP contribution in [0.2, 0.25) is 18.1 Å². The molecule has 0 spiro atoms. The van der Waals surface area contributed by atoms with Gasteiger partial charge in [0.1, 0.15) is 11.7 Å². The van der Waals surface area contributed by atoms with Crippen LogP contribution in [-0.2, 0) is 18.7 Å². The van der Waals surface area contributed by atoms with E-state index in [1.807, 2.05) is 50.3 Å². The Kier molecular flexibility index (Phi) is 15.5. The summed E-state index contributed by atoms with van der Waals surface area (Å²) in [6, 6.07) is 6.50. The molecule has 6 atom stereocenters. The molecule has 4 rings (SSSR count). The zero-order valence-electron chi connectivity index (χ0n) is 34.2. The van der Waals surface area contributed by atoms with E-state index in [4.69, 9.17) is 13.9 Å². The summed E-state index contributed by atoms with van der Waals surface area (Å²) in [5.74, 6) is -0.484. The van der Waals surface area contributed by atoms with Crippen molar-refractivity contribution in [2.24, 2.45) is 5.92 Å². The van der Waals surface area contributed by atoms with Gasteiger partial charge in [0.2, 0.25) is 0 Å². The molecule has 1 aliphatic carbocycles. The Hall–Kier alpha value is -2.79. The van der Waals surface area contributed by atoms with Crippen LogP contribution >= 0.6 is 0 Å². The summed E-state index contributed by atoms with van der Waals surface area (Å²) in [4.78, 5) is 36.2. The van der Waals surface area contributed by atoms with Crippen LogP contribution in [0.5, 0.6) is 0 Å².